The molecule has 1 aliphatic heterocycles. The molecular formula is C16H23F3N2. The molecule has 2 rings (SSSR count). The summed E-state index contributed by atoms with van der Waals surface area (Å²) in [5, 5.41) is 0. The van der Waals surface area contributed by atoms with Gasteiger partial charge in [0.05, 0.1) is 5.56 Å². The lowest BCUT2D eigenvalue weighted by Crippen LogP contribution is -2.34. The Hall–Kier alpha value is -1.07. The fourth-order valence-electron chi connectivity index (χ4n) is 3.02. The van der Waals surface area contributed by atoms with E-state index in [9.17, 15) is 13.2 Å². The van der Waals surface area contributed by atoms with Crippen molar-refractivity contribution >= 4 is 0 Å². The van der Waals surface area contributed by atoms with E-state index < -0.39 is 11.7 Å². The van der Waals surface area contributed by atoms with Crippen molar-refractivity contribution in [1.29, 1.82) is 0 Å². The quantitative estimate of drug-likeness (QED) is 0.919. The first kappa shape index (κ1) is 16.3. The minimum Gasteiger partial charge on any atom is -0.329 e. The van der Waals surface area contributed by atoms with Crippen molar-refractivity contribution in [2.75, 3.05) is 19.6 Å². The number of nitrogens with two attached hydrogens (primary N) is 1. The van der Waals surface area contributed by atoms with E-state index in [1.165, 1.54) is 18.6 Å². The van der Waals surface area contributed by atoms with E-state index in [-0.39, 0.29) is 6.04 Å². The topological polar surface area (TPSA) is 29.3 Å². The second kappa shape index (κ2) is 6.79. The molecule has 0 radical (unpaired) electrons. The van der Waals surface area contributed by atoms with Gasteiger partial charge in [0.25, 0.3) is 0 Å². The number of hydrogen-bond acceptors (Lipinski definition) is 2. The predicted octanol–water partition coefficient (Wildman–Crippen LogP) is 3.83. The van der Waals surface area contributed by atoms with E-state index >= 15 is 0 Å². The summed E-state index contributed by atoms with van der Waals surface area (Å²) < 4.78 is 38.5. The minimum absolute atomic E-state index is 0.127. The molecule has 1 aliphatic rings. The van der Waals surface area contributed by atoms with Gasteiger partial charge in [0.1, 0.15) is 0 Å². The molecular weight excluding hydrogens is 277 g/mol. The predicted molar refractivity (Wildman–Crippen MR) is 77.8 cm³/mol. The van der Waals surface area contributed by atoms with Crippen LogP contribution in [-0.2, 0) is 6.18 Å². The van der Waals surface area contributed by atoms with Crippen molar-refractivity contribution in [3.05, 3.63) is 35.4 Å². The molecule has 0 aliphatic carbocycles. The zero-order valence-corrected chi connectivity index (χ0v) is 12.4. The van der Waals surface area contributed by atoms with Crippen LogP contribution < -0.4 is 5.73 Å². The summed E-state index contributed by atoms with van der Waals surface area (Å²) in [6, 6.07) is 5.45. The number of likely N-dealkylation sites (tertiary alicyclic amines) is 1. The summed E-state index contributed by atoms with van der Waals surface area (Å²) in [5.41, 5.74) is 5.93. The van der Waals surface area contributed by atoms with Crippen molar-refractivity contribution < 1.29 is 13.2 Å². The number of halogens is 3. The highest BCUT2D eigenvalue weighted by molar-refractivity contribution is 5.28. The van der Waals surface area contributed by atoms with Crippen LogP contribution in [0.5, 0.6) is 0 Å². The van der Waals surface area contributed by atoms with Gasteiger partial charge in [-0.1, -0.05) is 19.1 Å². The second-order valence-corrected chi connectivity index (χ2v) is 5.95. The lowest BCUT2D eigenvalue weighted by atomic mass is 10.0. The maximum atomic E-state index is 12.8. The maximum absolute atomic E-state index is 12.8. The third-order valence-corrected chi connectivity index (χ3v) is 4.31. The molecule has 21 heavy (non-hydrogen) atoms. The summed E-state index contributed by atoms with van der Waals surface area (Å²) >= 11 is 0. The third-order valence-electron chi connectivity index (χ3n) is 4.31. The normalized spacial score (nSPS) is 22.8. The Labute approximate surface area is 124 Å². The van der Waals surface area contributed by atoms with E-state index in [4.69, 9.17) is 5.73 Å². The van der Waals surface area contributed by atoms with E-state index in [1.54, 1.807) is 6.07 Å². The summed E-state index contributed by atoms with van der Waals surface area (Å²) in [6.45, 7) is 4.38. The minimum atomic E-state index is -4.30. The molecule has 118 valence electrons. The average molecular weight is 300 g/mol. The van der Waals surface area contributed by atoms with E-state index in [0.29, 0.717) is 18.0 Å². The van der Waals surface area contributed by atoms with Gasteiger partial charge in [-0.3, -0.25) is 4.90 Å². The standard InChI is InChI=1S/C16H23F3N2/c1-12-4-3-8-21(9-7-12)15(11-20)13-5-2-6-14(10-13)16(17,18)19/h2,5-6,10,12,15H,3-4,7-9,11,20H2,1H3. The summed E-state index contributed by atoms with van der Waals surface area (Å²) in [4.78, 5) is 2.24. The number of alkyl halides is 3. The third kappa shape index (κ3) is 4.20. The van der Waals surface area contributed by atoms with Gasteiger partial charge < -0.3 is 5.73 Å². The Morgan fingerprint density at radius 1 is 1.29 bits per heavy atom. The Balaban J connectivity index is 2.20. The Kier molecular flexibility index (Phi) is 5.27. The molecule has 2 unspecified atom stereocenters. The van der Waals surface area contributed by atoms with Gasteiger partial charge in [-0.2, -0.15) is 13.2 Å². The summed E-state index contributed by atoms with van der Waals surface area (Å²) in [5.74, 6) is 0.676. The van der Waals surface area contributed by atoms with Gasteiger partial charge in [0, 0.05) is 12.6 Å². The molecule has 1 heterocycles. The first-order chi connectivity index (χ1) is 9.91. The van der Waals surface area contributed by atoms with Crippen LogP contribution in [0.3, 0.4) is 0 Å². The molecule has 1 aromatic carbocycles. The highest BCUT2D eigenvalue weighted by Crippen LogP contribution is 2.32. The molecule has 2 nitrogen and oxygen atoms in total. The van der Waals surface area contributed by atoms with Gasteiger partial charge in [0.15, 0.2) is 0 Å². The van der Waals surface area contributed by atoms with Crippen molar-refractivity contribution in [2.24, 2.45) is 11.7 Å². The fraction of sp³-hybridized carbons (Fsp3) is 0.625. The number of hydrogen-bond donors (Lipinski definition) is 1. The zero-order valence-electron chi connectivity index (χ0n) is 12.4. The highest BCUT2D eigenvalue weighted by Gasteiger charge is 2.31. The maximum Gasteiger partial charge on any atom is 0.416 e. The van der Waals surface area contributed by atoms with Crippen LogP contribution in [0.4, 0.5) is 13.2 Å². The Morgan fingerprint density at radius 2 is 2.05 bits per heavy atom. The molecule has 0 amide bonds. The van der Waals surface area contributed by atoms with Crippen molar-refractivity contribution in [1.82, 2.24) is 4.90 Å². The van der Waals surface area contributed by atoms with Crippen LogP contribution in [0, 0.1) is 5.92 Å². The largest absolute Gasteiger partial charge is 0.416 e. The van der Waals surface area contributed by atoms with Crippen LogP contribution in [0.2, 0.25) is 0 Å². The summed E-state index contributed by atoms with van der Waals surface area (Å²) in [7, 11) is 0. The van der Waals surface area contributed by atoms with Crippen LogP contribution in [0.1, 0.15) is 43.4 Å². The van der Waals surface area contributed by atoms with Crippen LogP contribution in [0.25, 0.3) is 0 Å². The molecule has 1 aromatic rings. The molecule has 1 fully saturated rings. The molecule has 0 aromatic heterocycles. The molecule has 1 saturated heterocycles. The molecule has 0 bridgehead atoms. The average Bonchev–Trinajstić information content (AvgIpc) is 2.64. The first-order valence-electron chi connectivity index (χ1n) is 7.53. The molecule has 0 saturated carbocycles. The lowest BCUT2D eigenvalue weighted by molar-refractivity contribution is -0.137. The number of benzene rings is 1. The van der Waals surface area contributed by atoms with E-state index in [0.717, 1.165) is 32.0 Å². The highest BCUT2D eigenvalue weighted by atomic mass is 19.4. The van der Waals surface area contributed by atoms with Crippen molar-refractivity contribution in [3.63, 3.8) is 0 Å². The van der Waals surface area contributed by atoms with Gasteiger partial charge >= 0.3 is 6.18 Å². The fourth-order valence-corrected chi connectivity index (χ4v) is 3.02. The van der Waals surface area contributed by atoms with Crippen LogP contribution in [-0.4, -0.2) is 24.5 Å². The SMILES string of the molecule is CC1CCCN(C(CN)c2cccc(C(F)(F)F)c2)CC1. The monoisotopic (exact) mass is 300 g/mol. The second-order valence-electron chi connectivity index (χ2n) is 5.95. The van der Waals surface area contributed by atoms with Gasteiger partial charge in [0.2, 0.25) is 0 Å². The molecule has 2 atom stereocenters. The van der Waals surface area contributed by atoms with Gasteiger partial charge in [-0.15, -0.1) is 0 Å². The smallest absolute Gasteiger partial charge is 0.329 e. The van der Waals surface area contributed by atoms with E-state index in [1.807, 2.05) is 0 Å². The van der Waals surface area contributed by atoms with Crippen LogP contribution in [0.15, 0.2) is 24.3 Å². The zero-order chi connectivity index (χ0) is 15.5. The summed E-state index contributed by atoms with van der Waals surface area (Å²) in [6.07, 6.45) is -0.967. The van der Waals surface area contributed by atoms with Crippen LogP contribution >= 0.6 is 0 Å². The Morgan fingerprint density at radius 3 is 2.71 bits per heavy atom. The number of nitrogens with zero attached hydrogens (tertiary/aromatic N) is 1. The Bertz CT molecular complexity index is 459. The molecule has 2 N–H and O–H groups in total. The molecule has 0 spiro atoms. The first-order valence-corrected chi connectivity index (χ1v) is 7.53. The number of rotatable bonds is 3. The van der Waals surface area contributed by atoms with Gasteiger partial charge in [-0.25, -0.2) is 0 Å². The van der Waals surface area contributed by atoms with Crippen molar-refractivity contribution in [3.8, 4) is 0 Å². The molecule has 5 heteroatoms. The van der Waals surface area contributed by atoms with E-state index in [2.05, 4.69) is 11.8 Å². The van der Waals surface area contributed by atoms with Crippen molar-refractivity contribution in [2.45, 2.75) is 38.4 Å². The lowest BCUT2D eigenvalue weighted by Gasteiger charge is -2.30. The van der Waals surface area contributed by atoms with Gasteiger partial charge in [-0.05, 0) is 56.0 Å².